The summed E-state index contributed by atoms with van der Waals surface area (Å²) in [6, 6.07) is 5.19. The second-order valence-corrected chi connectivity index (χ2v) is 4.64. The van der Waals surface area contributed by atoms with Gasteiger partial charge >= 0.3 is 0 Å². The van der Waals surface area contributed by atoms with Crippen molar-refractivity contribution in [2.24, 2.45) is 0 Å². The van der Waals surface area contributed by atoms with Gasteiger partial charge in [0.2, 0.25) is 0 Å². The van der Waals surface area contributed by atoms with Crippen molar-refractivity contribution in [3.63, 3.8) is 0 Å². The fourth-order valence-electron chi connectivity index (χ4n) is 1.19. The van der Waals surface area contributed by atoms with Gasteiger partial charge in [-0.2, -0.15) is 0 Å². The van der Waals surface area contributed by atoms with Gasteiger partial charge in [0, 0.05) is 6.42 Å². The van der Waals surface area contributed by atoms with Crippen LogP contribution >= 0.6 is 23.2 Å². The third-order valence-corrected chi connectivity index (χ3v) is 2.70. The number of ether oxygens (including phenoxy) is 1. The Hall–Kier alpha value is -0.570. The van der Waals surface area contributed by atoms with Crippen molar-refractivity contribution in [3.05, 3.63) is 33.8 Å². The van der Waals surface area contributed by atoms with Crippen molar-refractivity contribution in [2.45, 2.75) is 26.4 Å². The van der Waals surface area contributed by atoms with E-state index in [0.717, 1.165) is 5.56 Å². The zero-order valence-electron chi connectivity index (χ0n) is 9.30. The quantitative estimate of drug-likeness (QED) is 0.810. The van der Waals surface area contributed by atoms with Crippen LogP contribution in [-0.2, 0) is 16.0 Å². The van der Waals surface area contributed by atoms with Crippen LogP contribution in [-0.4, -0.2) is 18.5 Å². The summed E-state index contributed by atoms with van der Waals surface area (Å²) in [6.45, 7) is 3.93. The van der Waals surface area contributed by atoms with Crippen molar-refractivity contribution in [1.29, 1.82) is 0 Å². The van der Waals surface area contributed by atoms with Crippen LogP contribution in [0.5, 0.6) is 0 Å². The molecule has 0 heterocycles. The average molecular weight is 261 g/mol. The molecule has 1 aromatic carbocycles. The van der Waals surface area contributed by atoms with E-state index in [9.17, 15) is 4.79 Å². The van der Waals surface area contributed by atoms with Crippen molar-refractivity contribution in [1.82, 2.24) is 0 Å². The minimum atomic E-state index is 0.0343. The molecule has 1 aromatic rings. The van der Waals surface area contributed by atoms with E-state index in [1.807, 2.05) is 13.8 Å². The molecule has 0 saturated carbocycles. The highest BCUT2D eigenvalue weighted by molar-refractivity contribution is 6.42. The van der Waals surface area contributed by atoms with Crippen molar-refractivity contribution >= 4 is 29.0 Å². The van der Waals surface area contributed by atoms with E-state index in [-0.39, 0.29) is 18.5 Å². The molecule has 0 aromatic heterocycles. The standard InChI is InChI=1S/C12H14Cl2O2/c1-8(2)16-7-10(15)5-9-3-4-11(13)12(14)6-9/h3-4,6,8H,5,7H2,1-2H3. The Kier molecular flexibility index (Phi) is 5.26. The topological polar surface area (TPSA) is 26.3 Å². The molecule has 0 unspecified atom stereocenters. The van der Waals surface area contributed by atoms with Gasteiger partial charge in [-0.25, -0.2) is 0 Å². The summed E-state index contributed by atoms with van der Waals surface area (Å²) in [6.07, 6.45) is 0.390. The monoisotopic (exact) mass is 260 g/mol. The molecule has 0 bridgehead atoms. The molecule has 0 aliphatic rings. The molecule has 0 aliphatic carbocycles. The molecule has 1 rings (SSSR count). The normalized spacial score (nSPS) is 10.8. The van der Waals surface area contributed by atoms with Crippen molar-refractivity contribution < 1.29 is 9.53 Å². The highest BCUT2D eigenvalue weighted by Gasteiger charge is 2.07. The smallest absolute Gasteiger partial charge is 0.162 e. The van der Waals surface area contributed by atoms with Crippen LogP contribution in [0.3, 0.4) is 0 Å². The average Bonchev–Trinajstić information content (AvgIpc) is 2.21. The van der Waals surface area contributed by atoms with Gasteiger partial charge in [0.1, 0.15) is 6.61 Å². The number of carbonyl (C=O) groups excluding carboxylic acids is 1. The summed E-state index contributed by atoms with van der Waals surface area (Å²) in [5.74, 6) is 0.0343. The first-order valence-electron chi connectivity index (χ1n) is 5.06. The van der Waals surface area contributed by atoms with Gasteiger partial charge in [0.05, 0.1) is 16.1 Å². The largest absolute Gasteiger partial charge is 0.371 e. The third kappa shape index (κ3) is 4.52. The molecule has 0 N–H and O–H groups in total. The van der Waals surface area contributed by atoms with Crippen LogP contribution in [0.25, 0.3) is 0 Å². The lowest BCUT2D eigenvalue weighted by Crippen LogP contribution is -2.15. The van der Waals surface area contributed by atoms with E-state index >= 15 is 0 Å². The van der Waals surface area contributed by atoms with Gasteiger partial charge in [0.15, 0.2) is 5.78 Å². The van der Waals surface area contributed by atoms with Gasteiger partial charge in [-0.15, -0.1) is 0 Å². The molecule has 0 amide bonds. The maximum absolute atomic E-state index is 11.5. The van der Waals surface area contributed by atoms with Crippen LogP contribution in [0.2, 0.25) is 10.0 Å². The first-order chi connectivity index (χ1) is 7.49. The second-order valence-electron chi connectivity index (χ2n) is 3.82. The fourth-order valence-corrected chi connectivity index (χ4v) is 1.51. The highest BCUT2D eigenvalue weighted by atomic mass is 35.5. The van der Waals surface area contributed by atoms with Gasteiger partial charge in [-0.05, 0) is 31.5 Å². The molecular weight excluding hydrogens is 247 g/mol. The molecule has 0 fully saturated rings. The van der Waals surface area contributed by atoms with Gasteiger partial charge < -0.3 is 4.74 Å². The zero-order chi connectivity index (χ0) is 12.1. The summed E-state index contributed by atoms with van der Waals surface area (Å²) in [4.78, 5) is 11.5. The third-order valence-electron chi connectivity index (χ3n) is 1.96. The zero-order valence-corrected chi connectivity index (χ0v) is 10.8. The van der Waals surface area contributed by atoms with Gasteiger partial charge in [-0.3, -0.25) is 4.79 Å². The number of rotatable bonds is 5. The molecule has 4 heteroatoms. The molecular formula is C12H14Cl2O2. The molecule has 0 atom stereocenters. The lowest BCUT2D eigenvalue weighted by Gasteiger charge is -2.07. The van der Waals surface area contributed by atoms with E-state index in [0.29, 0.717) is 16.5 Å². The number of ketones is 1. The number of hydrogen-bond acceptors (Lipinski definition) is 2. The van der Waals surface area contributed by atoms with Crippen LogP contribution in [0.4, 0.5) is 0 Å². The van der Waals surface area contributed by atoms with E-state index in [4.69, 9.17) is 27.9 Å². The minimum Gasteiger partial charge on any atom is -0.371 e. The lowest BCUT2D eigenvalue weighted by molar-refractivity contribution is -0.124. The van der Waals surface area contributed by atoms with Crippen LogP contribution in [0, 0.1) is 0 Å². The maximum Gasteiger partial charge on any atom is 0.162 e. The number of carbonyl (C=O) groups is 1. The molecule has 0 spiro atoms. The number of hydrogen-bond donors (Lipinski definition) is 0. The Bertz CT molecular complexity index is 375. The Morgan fingerprint density at radius 3 is 2.56 bits per heavy atom. The Labute approximate surface area is 106 Å². The molecule has 88 valence electrons. The summed E-state index contributed by atoms with van der Waals surface area (Å²) < 4.78 is 5.22. The number of halogens is 2. The first kappa shape index (κ1) is 13.5. The predicted octanol–water partition coefficient (Wildman–Crippen LogP) is 3.53. The molecule has 0 aliphatic heterocycles. The SMILES string of the molecule is CC(C)OCC(=O)Cc1ccc(Cl)c(Cl)c1. The van der Waals surface area contributed by atoms with E-state index < -0.39 is 0 Å². The summed E-state index contributed by atoms with van der Waals surface area (Å²) in [7, 11) is 0. The fraction of sp³-hybridized carbons (Fsp3) is 0.417. The summed E-state index contributed by atoms with van der Waals surface area (Å²) in [5.41, 5.74) is 0.853. The second kappa shape index (κ2) is 6.24. The van der Waals surface area contributed by atoms with Crippen LogP contribution in [0.15, 0.2) is 18.2 Å². The highest BCUT2D eigenvalue weighted by Crippen LogP contribution is 2.22. The van der Waals surface area contributed by atoms with E-state index in [1.165, 1.54) is 0 Å². The Balaban J connectivity index is 2.53. The summed E-state index contributed by atoms with van der Waals surface area (Å²) >= 11 is 11.6. The minimum absolute atomic E-state index is 0.0343. The Morgan fingerprint density at radius 2 is 2.00 bits per heavy atom. The predicted molar refractivity (Wildman–Crippen MR) is 66.3 cm³/mol. The Morgan fingerprint density at radius 1 is 1.31 bits per heavy atom. The maximum atomic E-state index is 11.5. The van der Waals surface area contributed by atoms with Crippen LogP contribution < -0.4 is 0 Å². The van der Waals surface area contributed by atoms with Gasteiger partial charge in [0.25, 0.3) is 0 Å². The van der Waals surface area contributed by atoms with Crippen LogP contribution in [0.1, 0.15) is 19.4 Å². The summed E-state index contributed by atoms with van der Waals surface area (Å²) in [5, 5.41) is 0.966. The van der Waals surface area contributed by atoms with Crippen molar-refractivity contribution in [2.75, 3.05) is 6.61 Å². The van der Waals surface area contributed by atoms with Gasteiger partial charge in [-0.1, -0.05) is 29.3 Å². The number of benzene rings is 1. The molecule has 2 nitrogen and oxygen atoms in total. The van der Waals surface area contributed by atoms with Crippen molar-refractivity contribution in [3.8, 4) is 0 Å². The molecule has 0 saturated heterocycles. The first-order valence-corrected chi connectivity index (χ1v) is 5.82. The molecule has 0 radical (unpaired) electrons. The lowest BCUT2D eigenvalue weighted by atomic mass is 10.1. The van der Waals surface area contributed by atoms with E-state index in [2.05, 4.69) is 0 Å². The number of Topliss-reactive ketones (excluding diaryl/α,β-unsaturated/α-hetero) is 1. The molecule has 16 heavy (non-hydrogen) atoms. The van der Waals surface area contributed by atoms with E-state index in [1.54, 1.807) is 18.2 Å².